The van der Waals surface area contributed by atoms with Gasteiger partial charge in [-0.05, 0) is 18.4 Å². The number of aliphatic hydroxyl groups is 1. The van der Waals surface area contributed by atoms with Gasteiger partial charge in [0.25, 0.3) is 0 Å². The fraction of sp³-hybridized carbons (Fsp3) is 0.500. The van der Waals surface area contributed by atoms with E-state index in [0.29, 0.717) is 12.0 Å². The zero-order chi connectivity index (χ0) is 14.1. The van der Waals surface area contributed by atoms with Gasteiger partial charge < -0.3 is 5.11 Å². The third-order valence-corrected chi connectivity index (χ3v) is 2.90. The molecular weight excluding hydrogens is 242 g/mol. The third-order valence-electron chi connectivity index (χ3n) is 2.90. The largest absolute Gasteiger partial charge is 0.393 e. The van der Waals surface area contributed by atoms with Gasteiger partial charge in [-0.3, -0.25) is 4.79 Å². The quantitative estimate of drug-likeness (QED) is 0.336. The smallest absolute Gasteiger partial charge is 0.165 e. The summed E-state index contributed by atoms with van der Waals surface area (Å²) in [4.78, 5) is 14.7. The molecule has 1 rings (SSSR count). The molecule has 0 radical (unpaired) electrons. The monoisotopic (exact) mass is 261 g/mol. The molecule has 19 heavy (non-hydrogen) atoms. The predicted octanol–water partition coefficient (Wildman–Crippen LogP) is 3.49. The molecule has 0 bridgehead atoms. The number of hydrogen-bond donors (Lipinski definition) is 1. The molecule has 0 aromatic heterocycles. The van der Waals surface area contributed by atoms with E-state index < -0.39 is 6.10 Å². The average Bonchev–Trinajstić information content (AvgIpc) is 2.40. The van der Waals surface area contributed by atoms with Crippen LogP contribution in [0.4, 0.5) is 0 Å². The second kappa shape index (κ2) is 8.29. The van der Waals surface area contributed by atoms with E-state index >= 15 is 0 Å². The second-order valence-electron chi connectivity index (χ2n) is 4.53. The van der Waals surface area contributed by atoms with Crippen LogP contribution < -0.4 is 0 Å². The first-order valence-electron chi connectivity index (χ1n) is 6.47. The number of carbonyl (C=O) groups is 1. The Morgan fingerprint density at radius 2 is 2.11 bits per heavy atom. The number of azide groups is 1. The summed E-state index contributed by atoms with van der Waals surface area (Å²) in [5.74, 6) is -0.0933. The Bertz CT molecular complexity index is 441. The standard InChI is InChI=1S/C14H19N3O2/c1-2-6-12(16-17-15)9-13(18)10-14(19)11-7-4-3-5-8-11/h3-5,7-8,12-13,18H,2,6,9-10H2,1H3/t12-,13-/m0/s1. The van der Waals surface area contributed by atoms with Gasteiger partial charge in [-0.25, -0.2) is 0 Å². The first-order valence-corrected chi connectivity index (χ1v) is 6.47. The molecule has 0 unspecified atom stereocenters. The molecule has 5 nitrogen and oxygen atoms in total. The molecule has 0 heterocycles. The van der Waals surface area contributed by atoms with Crippen LogP contribution >= 0.6 is 0 Å². The van der Waals surface area contributed by atoms with Crippen molar-refractivity contribution in [3.63, 3.8) is 0 Å². The van der Waals surface area contributed by atoms with Crippen LogP contribution in [0.5, 0.6) is 0 Å². The number of carbonyl (C=O) groups excluding carboxylic acids is 1. The van der Waals surface area contributed by atoms with E-state index in [4.69, 9.17) is 5.53 Å². The van der Waals surface area contributed by atoms with E-state index in [-0.39, 0.29) is 18.2 Å². The topological polar surface area (TPSA) is 86.1 Å². The number of benzene rings is 1. The number of Topliss-reactive ketones (excluding diaryl/α,β-unsaturated/α-hetero) is 1. The fourth-order valence-electron chi connectivity index (χ4n) is 1.98. The highest BCUT2D eigenvalue weighted by Gasteiger charge is 2.16. The van der Waals surface area contributed by atoms with Crippen LogP contribution in [0.25, 0.3) is 10.4 Å². The lowest BCUT2D eigenvalue weighted by molar-refractivity contribution is 0.0855. The number of rotatable bonds is 8. The zero-order valence-electron chi connectivity index (χ0n) is 11.1. The maximum atomic E-state index is 11.9. The molecule has 0 aliphatic carbocycles. The number of aliphatic hydroxyl groups excluding tert-OH is 1. The van der Waals surface area contributed by atoms with E-state index in [0.717, 1.165) is 12.8 Å². The van der Waals surface area contributed by atoms with Gasteiger partial charge in [0.15, 0.2) is 5.78 Å². The van der Waals surface area contributed by atoms with Crippen LogP contribution in [0.3, 0.4) is 0 Å². The first kappa shape index (κ1) is 15.2. The molecule has 1 aromatic carbocycles. The normalized spacial score (nSPS) is 13.4. The number of hydrogen-bond acceptors (Lipinski definition) is 3. The van der Waals surface area contributed by atoms with Crippen molar-refractivity contribution in [1.82, 2.24) is 0 Å². The third kappa shape index (κ3) is 5.55. The molecule has 0 spiro atoms. The number of ketones is 1. The van der Waals surface area contributed by atoms with Gasteiger partial charge in [0, 0.05) is 22.9 Å². The molecule has 0 amide bonds. The fourth-order valence-corrected chi connectivity index (χ4v) is 1.98. The minimum Gasteiger partial charge on any atom is -0.393 e. The predicted molar refractivity (Wildman–Crippen MR) is 73.9 cm³/mol. The average molecular weight is 261 g/mol. The Labute approximate surface area is 112 Å². The molecule has 2 atom stereocenters. The molecule has 1 aromatic rings. The van der Waals surface area contributed by atoms with Gasteiger partial charge in [0.05, 0.1) is 6.10 Å². The van der Waals surface area contributed by atoms with E-state index in [1.54, 1.807) is 24.3 Å². The van der Waals surface area contributed by atoms with E-state index in [1.807, 2.05) is 13.0 Å². The molecule has 102 valence electrons. The minimum atomic E-state index is -0.769. The van der Waals surface area contributed by atoms with Crippen molar-refractivity contribution in [2.45, 2.75) is 44.8 Å². The minimum absolute atomic E-state index is 0.0607. The summed E-state index contributed by atoms with van der Waals surface area (Å²) in [6.45, 7) is 1.99. The molecule has 0 saturated heterocycles. The highest BCUT2D eigenvalue weighted by Crippen LogP contribution is 2.14. The van der Waals surface area contributed by atoms with Gasteiger partial charge in [-0.15, -0.1) is 0 Å². The second-order valence-corrected chi connectivity index (χ2v) is 4.53. The lowest BCUT2D eigenvalue weighted by atomic mass is 9.99. The molecule has 1 N–H and O–H groups in total. The molecular formula is C14H19N3O2. The summed E-state index contributed by atoms with van der Waals surface area (Å²) < 4.78 is 0. The Morgan fingerprint density at radius 1 is 1.42 bits per heavy atom. The molecule has 0 aliphatic heterocycles. The van der Waals surface area contributed by atoms with Crippen molar-refractivity contribution in [2.75, 3.05) is 0 Å². The summed E-state index contributed by atoms with van der Waals surface area (Å²) in [7, 11) is 0. The molecule has 0 fully saturated rings. The van der Waals surface area contributed by atoms with Crippen LogP contribution in [0, 0.1) is 0 Å². The number of nitrogens with zero attached hydrogens (tertiary/aromatic N) is 3. The Balaban J connectivity index is 2.52. The highest BCUT2D eigenvalue weighted by molar-refractivity contribution is 5.96. The van der Waals surface area contributed by atoms with Crippen LogP contribution in [-0.4, -0.2) is 23.0 Å². The summed E-state index contributed by atoms with van der Waals surface area (Å²) in [5.41, 5.74) is 9.04. The maximum Gasteiger partial charge on any atom is 0.165 e. The van der Waals surface area contributed by atoms with Crippen molar-refractivity contribution < 1.29 is 9.90 Å². The van der Waals surface area contributed by atoms with Crippen molar-refractivity contribution in [3.05, 3.63) is 46.3 Å². The van der Waals surface area contributed by atoms with Gasteiger partial charge in [0.2, 0.25) is 0 Å². The Kier molecular flexibility index (Phi) is 6.64. The van der Waals surface area contributed by atoms with Crippen LogP contribution in [0.1, 0.15) is 43.0 Å². The molecule has 0 saturated carbocycles. The SMILES string of the molecule is CCC[C@@H](C[C@H](O)CC(=O)c1ccccc1)N=[N+]=[N-]. The zero-order valence-corrected chi connectivity index (χ0v) is 11.1. The summed E-state index contributed by atoms with van der Waals surface area (Å²) in [6, 6.07) is 8.64. The molecule has 0 aliphatic rings. The van der Waals surface area contributed by atoms with E-state index in [1.165, 1.54) is 0 Å². The lowest BCUT2D eigenvalue weighted by Crippen LogP contribution is -2.19. The Hall–Kier alpha value is -1.84. The molecule has 5 heteroatoms. The van der Waals surface area contributed by atoms with Crippen molar-refractivity contribution in [2.24, 2.45) is 5.11 Å². The van der Waals surface area contributed by atoms with Crippen molar-refractivity contribution in [1.29, 1.82) is 0 Å². The van der Waals surface area contributed by atoms with Gasteiger partial charge >= 0.3 is 0 Å². The maximum absolute atomic E-state index is 11.9. The lowest BCUT2D eigenvalue weighted by Gasteiger charge is -2.14. The van der Waals surface area contributed by atoms with E-state index in [9.17, 15) is 9.90 Å². The Morgan fingerprint density at radius 3 is 2.68 bits per heavy atom. The van der Waals surface area contributed by atoms with Gasteiger partial charge in [-0.1, -0.05) is 48.8 Å². The summed E-state index contributed by atoms with van der Waals surface area (Å²) in [6.07, 6.45) is 1.22. The van der Waals surface area contributed by atoms with Crippen LogP contribution in [-0.2, 0) is 0 Å². The van der Waals surface area contributed by atoms with Crippen molar-refractivity contribution >= 4 is 5.78 Å². The van der Waals surface area contributed by atoms with Gasteiger partial charge in [-0.2, -0.15) is 0 Å². The van der Waals surface area contributed by atoms with Crippen LogP contribution in [0.2, 0.25) is 0 Å². The van der Waals surface area contributed by atoms with Gasteiger partial charge in [0.1, 0.15) is 0 Å². The summed E-state index contributed by atoms with van der Waals surface area (Å²) in [5, 5.41) is 13.5. The van der Waals surface area contributed by atoms with Crippen molar-refractivity contribution in [3.8, 4) is 0 Å². The van der Waals surface area contributed by atoms with Crippen LogP contribution in [0.15, 0.2) is 35.4 Å². The first-order chi connectivity index (χ1) is 9.17. The highest BCUT2D eigenvalue weighted by atomic mass is 16.3. The summed E-state index contributed by atoms with van der Waals surface area (Å²) >= 11 is 0. The van der Waals surface area contributed by atoms with E-state index in [2.05, 4.69) is 10.0 Å².